The summed E-state index contributed by atoms with van der Waals surface area (Å²) in [7, 11) is 0. The molecule has 2 rings (SSSR count). The molecule has 118 valence electrons. The van der Waals surface area contributed by atoms with Gasteiger partial charge in [-0.3, -0.25) is 0 Å². The van der Waals surface area contributed by atoms with Crippen molar-refractivity contribution in [3.8, 4) is 0 Å². The lowest BCUT2D eigenvalue weighted by Crippen LogP contribution is -2.46. The second kappa shape index (κ2) is 6.79. The van der Waals surface area contributed by atoms with Gasteiger partial charge in [-0.15, -0.1) is 0 Å². The van der Waals surface area contributed by atoms with Crippen LogP contribution >= 0.6 is 0 Å². The van der Waals surface area contributed by atoms with Crippen LogP contribution in [0, 0.1) is 16.7 Å². The molecule has 1 aliphatic heterocycles. The third-order valence-electron chi connectivity index (χ3n) is 5.39. The summed E-state index contributed by atoms with van der Waals surface area (Å²) in [6, 6.07) is 0. The van der Waals surface area contributed by atoms with Gasteiger partial charge in [0.05, 0.1) is 0 Å². The van der Waals surface area contributed by atoms with Gasteiger partial charge in [-0.25, -0.2) is 0 Å². The van der Waals surface area contributed by atoms with Gasteiger partial charge in [-0.1, -0.05) is 40.5 Å². The molecule has 2 aliphatic rings. The predicted octanol–water partition coefficient (Wildman–Crippen LogP) is 3.91. The van der Waals surface area contributed by atoms with Crippen molar-refractivity contribution in [2.24, 2.45) is 16.7 Å². The van der Waals surface area contributed by atoms with E-state index in [0.29, 0.717) is 5.41 Å². The van der Waals surface area contributed by atoms with E-state index < -0.39 is 0 Å². The second-order valence-corrected chi connectivity index (χ2v) is 8.67. The number of nitrogens with one attached hydrogen (secondary N) is 1. The highest BCUT2D eigenvalue weighted by atomic mass is 15.1. The summed E-state index contributed by atoms with van der Waals surface area (Å²) < 4.78 is 0. The number of likely N-dealkylation sites (tertiary alicyclic amines) is 1. The maximum atomic E-state index is 3.64. The zero-order valence-corrected chi connectivity index (χ0v) is 14.3. The highest BCUT2D eigenvalue weighted by Gasteiger charge is 2.37. The third-order valence-corrected chi connectivity index (χ3v) is 5.39. The Morgan fingerprint density at radius 1 is 1.05 bits per heavy atom. The smallest absolute Gasteiger partial charge is 0.00448 e. The predicted molar refractivity (Wildman–Crippen MR) is 88.1 cm³/mol. The van der Waals surface area contributed by atoms with Crippen LogP contribution in [0.15, 0.2) is 0 Å². The fourth-order valence-electron chi connectivity index (χ4n) is 4.17. The molecule has 0 atom stereocenters. The topological polar surface area (TPSA) is 15.3 Å². The molecule has 1 aliphatic carbocycles. The summed E-state index contributed by atoms with van der Waals surface area (Å²) in [4.78, 5) is 2.72. The maximum Gasteiger partial charge on any atom is 0.00448 e. The van der Waals surface area contributed by atoms with Gasteiger partial charge < -0.3 is 10.2 Å². The minimum absolute atomic E-state index is 0.398. The van der Waals surface area contributed by atoms with Gasteiger partial charge in [-0.05, 0) is 62.1 Å². The van der Waals surface area contributed by atoms with Crippen LogP contribution in [0.25, 0.3) is 0 Å². The molecule has 0 radical (unpaired) electrons. The minimum atomic E-state index is 0.398. The van der Waals surface area contributed by atoms with Crippen LogP contribution in [0.2, 0.25) is 0 Å². The Kier molecular flexibility index (Phi) is 5.53. The Morgan fingerprint density at radius 2 is 1.65 bits per heavy atom. The summed E-state index contributed by atoms with van der Waals surface area (Å²) in [5, 5.41) is 3.64. The molecular formula is C18H36N2. The van der Waals surface area contributed by atoms with E-state index in [1.54, 1.807) is 0 Å². The number of rotatable bonds is 6. The Bertz CT molecular complexity index is 280. The molecule has 0 bridgehead atoms. The van der Waals surface area contributed by atoms with Crippen molar-refractivity contribution in [3.05, 3.63) is 0 Å². The van der Waals surface area contributed by atoms with Crippen molar-refractivity contribution in [1.29, 1.82) is 0 Å². The Balaban J connectivity index is 1.70. The SMILES string of the molecule is CC(C)CNCC(C)(C)CN1CCC2(CCCC2)CC1. The van der Waals surface area contributed by atoms with Crippen molar-refractivity contribution in [2.75, 3.05) is 32.7 Å². The van der Waals surface area contributed by atoms with Crippen LogP contribution in [0.4, 0.5) is 0 Å². The average Bonchev–Trinajstić information content (AvgIpc) is 2.80. The molecule has 20 heavy (non-hydrogen) atoms. The Morgan fingerprint density at radius 3 is 2.20 bits per heavy atom. The van der Waals surface area contributed by atoms with E-state index in [1.807, 2.05) is 0 Å². The number of piperidine rings is 1. The van der Waals surface area contributed by atoms with E-state index in [9.17, 15) is 0 Å². The zero-order chi connectivity index (χ0) is 14.6. The number of hydrogen-bond donors (Lipinski definition) is 1. The molecule has 0 aromatic carbocycles. The molecule has 0 amide bonds. The molecule has 2 nitrogen and oxygen atoms in total. The van der Waals surface area contributed by atoms with E-state index in [0.717, 1.165) is 24.4 Å². The molecule has 2 heteroatoms. The number of hydrogen-bond acceptors (Lipinski definition) is 2. The summed E-state index contributed by atoms with van der Waals surface area (Å²) in [6.45, 7) is 15.6. The van der Waals surface area contributed by atoms with Gasteiger partial charge in [0.2, 0.25) is 0 Å². The molecule has 0 aromatic rings. The first kappa shape index (κ1) is 16.3. The lowest BCUT2D eigenvalue weighted by atomic mass is 9.76. The summed E-state index contributed by atoms with van der Waals surface area (Å²) >= 11 is 0. The highest BCUT2D eigenvalue weighted by molar-refractivity contribution is 4.91. The lowest BCUT2D eigenvalue weighted by Gasteiger charge is -2.42. The van der Waals surface area contributed by atoms with Gasteiger partial charge in [-0.2, -0.15) is 0 Å². The Labute approximate surface area is 126 Å². The second-order valence-electron chi connectivity index (χ2n) is 8.67. The van der Waals surface area contributed by atoms with E-state index >= 15 is 0 Å². The largest absolute Gasteiger partial charge is 0.316 e. The van der Waals surface area contributed by atoms with Gasteiger partial charge in [0, 0.05) is 13.1 Å². The van der Waals surface area contributed by atoms with Crippen LogP contribution in [-0.4, -0.2) is 37.6 Å². The van der Waals surface area contributed by atoms with Crippen LogP contribution in [0.3, 0.4) is 0 Å². The summed E-state index contributed by atoms with van der Waals surface area (Å²) in [5.41, 5.74) is 1.16. The van der Waals surface area contributed by atoms with Gasteiger partial charge in [0.15, 0.2) is 0 Å². The monoisotopic (exact) mass is 280 g/mol. The molecule has 1 heterocycles. The fourth-order valence-corrected chi connectivity index (χ4v) is 4.17. The molecule has 2 fully saturated rings. The first-order chi connectivity index (χ1) is 9.41. The van der Waals surface area contributed by atoms with Gasteiger partial charge >= 0.3 is 0 Å². The summed E-state index contributed by atoms with van der Waals surface area (Å²) in [6.07, 6.45) is 8.93. The zero-order valence-electron chi connectivity index (χ0n) is 14.3. The van der Waals surface area contributed by atoms with E-state index in [-0.39, 0.29) is 0 Å². The first-order valence-electron chi connectivity index (χ1n) is 8.84. The minimum Gasteiger partial charge on any atom is -0.316 e. The lowest BCUT2D eigenvalue weighted by molar-refractivity contribution is 0.0779. The number of nitrogens with zero attached hydrogens (tertiary/aromatic N) is 1. The molecule has 1 saturated carbocycles. The van der Waals surface area contributed by atoms with E-state index in [2.05, 4.69) is 37.9 Å². The van der Waals surface area contributed by atoms with Crippen LogP contribution < -0.4 is 5.32 Å². The Hall–Kier alpha value is -0.0800. The van der Waals surface area contributed by atoms with Crippen molar-refractivity contribution in [1.82, 2.24) is 10.2 Å². The van der Waals surface area contributed by atoms with Crippen molar-refractivity contribution in [2.45, 2.75) is 66.2 Å². The van der Waals surface area contributed by atoms with Crippen LogP contribution in [-0.2, 0) is 0 Å². The first-order valence-corrected chi connectivity index (χ1v) is 8.84. The molecule has 1 N–H and O–H groups in total. The van der Waals surface area contributed by atoms with Crippen molar-refractivity contribution >= 4 is 0 Å². The highest BCUT2D eigenvalue weighted by Crippen LogP contribution is 2.46. The standard InChI is InChI=1S/C18H36N2/c1-16(2)13-19-14-17(3,4)15-20-11-9-18(10-12-20)7-5-6-8-18/h16,19H,5-15H2,1-4H3. The van der Waals surface area contributed by atoms with Gasteiger partial charge in [0.25, 0.3) is 0 Å². The van der Waals surface area contributed by atoms with Gasteiger partial charge in [0.1, 0.15) is 0 Å². The molecule has 0 unspecified atom stereocenters. The normalized spacial score (nSPS) is 23.9. The van der Waals surface area contributed by atoms with E-state index in [4.69, 9.17) is 0 Å². The molecular weight excluding hydrogens is 244 g/mol. The quantitative estimate of drug-likeness (QED) is 0.793. The molecule has 1 saturated heterocycles. The average molecular weight is 280 g/mol. The van der Waals surface area contributed by atoms with Crippen LogP contribution in [0.5, 0.6) is 0 Å². The van der Waals surface area contributed by atoms with Crippen molar-refractivity contribution < 1.29 is 0 Å². The maximum absolute atomic E-state index is 3.64. The van der Waals surface area contributed by atoms with Crippen molar-refractivity contribution in [3.63, 3.8) is 0 Å². The molecule has 0 aromatic heterocycles. The third kappa shape index (κ3) is 4.73. The summed E-state index contributed by atoms with van der Waals surface area (Å²) in [5.74, 6) is 0.753. The van der Waals surface area contributed by atoms with Crippen LogP contribution in [0.1, 0.15) is 66.2 Å². The van der Waals surface area contributed by atoms with E-state index in [1.165, 1.54) is 58.2 Å². The molecule has 1 spiro atoms. The fraction of sp³-hybridized carbons (Fsp3) is 1.00.